The first-order chi connectivity index (χ1) is 14.5. The zero-order valence-electron chi connectivity index (χ0n) is 17.6. The molecule has 4 atom stereocenters. The lowest BCUT2D eigenvalue weighted by Crippen LogP contribution is -2.56. The number of rotatable bonds is 7. The highest BCUT2D eigenvalue weighted by molar-refractivity contribution is 5.87. The van der Waals surface area contributed by atoms with Crippen molar-refractivity contribution in [3.63, 3.8) is 0 Å². The molecule has 0 aromatic heterocycles. The second-order valence-corrected chi connectivity index (χ2v) is 7.98. The molecular formula is C22H31N3O5. The summed E-state index contributed by atoms with van der Waals surface area (Å²) >= 11 is 0. The Morgan fingerprint density at radius 2 is 1.97 bits per heavy atom. The molecule has 1 aliphatic heterocycles. The fourth-order valence-corrected chi connectivity index (χ4v) is 4.41. The van der Waals surface area contributed by atoms with Gasteiger partial charge in [0.05, 0.1) is 6.10 Å². The van der Waals surface area contributed by atoms with Crippen molar-refractivity contribution in [1.29, 1.82) is 0 Å². The lowest BCUT2D eigenvalue weighted by molar-refractivity contribution is -0.125. The number of hydrogen-bond donors (Lipinski definition) is 2. The van der Waals surface area contributed by atoms with Crippen LogP contribution in [0, 0.1) is 5.92 Å². The number of amides is 3. The zero-order chi connectivity index (χ0) is 21.5. The van der Waals surface area contributed by atoms with Crippen LogP contribution in [0.2, 0.25) is 0 Å². The minimum atomic E-state index is -0.558. The van der Waals surface area contributed by atoms with Crippen molar-refractivity contribution in [2.45, 2.75) is 57.4 Å². The molecule has 1 saturated carbocycles. The molecule has 0 spiro atoms. The lowest BCUT2D eigenvalue weighted by Gasteiger charge is -2.43. The molecule has 0 bridgehead atoms. The number of carbonyl (C=O) groups excluding carboxylic acids is 3. The van der Waals surface area contributed by atoms with Crippen LogP contribution in [0.25, 0.3) is 0 Å². The van der Waals surface area contributed by atoms with Crippen molar-refractivity contribution in [2.24, 2.45) is 5.92 Å². The van der Waals surface area contributed by atoms with Gasteiger partial charge in [-0.3, -0.25) is 14.5 Å². The molecular weight excluding hydrogens is 386 g/mol. The Kier molecular flexibility index (Phi) is 7.68. The third-order valence-electron chi connectivity index (χ3n) is 5.97. The molecule has 2 N–H and O–H groups in total. The fourth-order valence-electron chi connectivity index (χ4n) is 4.41. The maximum Gasteiger partial charge on any atom is 0.411 e. The topological polar surface area (TPSA) is 97.0 Å². The van der Waals surface area contributed by atoms with Crippen molar-refractivity contribution >= 4 is 17.9 Å². The van der Waals surface area contributed by atoms with Crippen molar-refractivity contribution in [3.05, 3.63) is 35.9 Å². The van der Waals surface area contributed by atoms with Gasteiger partial charge in [0.25, 0.3) is 0 Å². The highest BCUT2D eigenvalue weighted by Gasteiger charge is 2.44. The molecule has 8 nitrogen and oxygen atoms in total. The Hall–Kier alpha value is -2.61. The Labute approximate surface area is 177 Å². The van der Waals surface area contributed by atoms with Crippen molar-refractivity contribution in [1.82, 2.24) is 15.5 Å². The first-order valence-electron chi connectivity index (χ1n) is 10.5. The van der Waals surface area contributed by atoms with Crippen molar-refractivity contribution < 1.29 is 23.9 Å². The summed E-state index contributed by atoms with van der Waals surface area (Å²) in [6.07, 6.45) is 2.31. The Bertz CT molecular complexity index is 742. The van der Waals surface area contributed by atoms with Gasteiger partial charge in [0.1, 0.15) is 12.6 Å². The molecule has 2 aliphatic rings. The summed E-state index contributed by atoms with van der Waals surface area (Å²) in [5.74, 6) is -0.297. The molecule has 3 amide bonds. The molecule has 1 aliphatic carbocycles. The van der Waals surface area contributed by atoms with E-state index in [0.29, 0.717) is 32.4 Å². The van der Waals surface area contributed by atoms with Gasteiger partial charge < -0.3 is 20.1 Å². The van der Waals surface area contributed by atoms with Crippen LogP contribution in [-0.4, -0.2) is 61.2 Å². The highest BCUT2D eigenvalue weighted by atomic mass is 16.6. The molecule has 0 unspecified atom stereocenters. The van der Waals surface area contributed by atoms with Gasteiger partial charge >= 0.3 is 6.09 Å². The fraction of sp³-hybridized carbons (Fsp3) is 0.591. The molecule has 1 saturated heterocycles. The molecule has 3 rings (SSSR count). The van der Waals surface area contributed by atoms with E-state index in [1.807, 2.05) is 30.3 Å². The van der Waals surface area contributed by atoms with E-state index >= 15 is 0 Å². The molecule has 1 aromatic carbocycles. The maximum atomic E-state index is 13.2. The summed E-state index contributed by atoms with van der Waals surface area (Å²) in [5.41, 5.74) is 0.888. The second-order valence-electron chi connectivity index (χ2n) is 7.98. The summed E-state index contributed by atoms with van der Waals surface area (Å²) in [7, 11) is 1.68. The monoisotopic (exact) mass is 417 g/mol. The Balaban J connectivity index is 1.79. The Morgan fingerprint density at radius 1 is 1.20 bits per heavy atom. The number of carbonyl (C=O) groups is 3. The van der Waals surface area contributed by atoms with Gasteiger partial charge in [0, 0.05) is 33.2 Å². The average Bonchev–Trinajstić information content (AvgIpc) is 3.17. The van der Waals surface area contributed by atoms with Gasteiger partial charge in [-0.15, -0.1) is 0 Å². The quantitative estimate of drug-likeness (QED) is 0.706. The van der Waals surface area contributed by atoms with Gasteiger partial charge in [-0.2, -0.15) is 0 Å². The van der Waals surface area contributed by atoms with E-state index in [-0.39, 0.29) is 36.5 Å². The van der Waals surface area contributed by atoms with E-state index in [2.05, 4.69) is 10.6 Å². The van der Waals surface area contributed by atoms with E-state index in [1.165, 1.54) is 6.92 Å². The predicted molar refractivity (Wildman–Crippen MR) is 110 cm³/mol. The number of nitrogens with one attached hydrogen (secondary N) is 2. The van der Waals surface area contributed by atoms with Crippen molar-refractivity contribution in [3.8, 4) is 0 Å². The van der Waals surface area contributed by atoms with E-state index in [9.17, 15) is 14.4 Å². The van der Waals surface area contributed by atoms with Crippen LogP contribution >= 0.6 is 0 Å². The summed E-state index contributed by atoms with van der Waals surface area (Å²) < 4.78 is 11.2. The minimum Gasteiger partial charge on any atom is -0.445 e. The molecule has 1 aromatic rings. The third-order valence-corrected chi connectivity index (χ3v) is 5.97. The lowest BCUT2D eigenvalue weighted by atomic mass is 9.81. The molecule has 0 radical (unpaired) electrons. The maximum absolute atomic E-state index is 13.2. The van der Waals surface area contributed by atoms with E-state index < -0.39 is 12.1 Å². The van der Waals surface area contributed by atoms with Crippen LogP contribution in [0.4, 0.5) is 4.79 Å². The smallest absolute Gasteiger partial charge is 0.411 e. The second kappa shape index (κ2) is 10.4. The first-order valence-corrected chi connectivity index (χ1v) is 10.5. The normalized spacial score (nSPS) is 26.0. The predicted octanol–water partition coefficient (Wildman–Crippen LogP) is 1.83. The summed E-state index contributed by atoms with van der Waals surface area (Å²) in [5, 5.41) is 5.69. The van der Waals surface area contributed by atoms with Gasteiger partial charge in [-0.25, -0.2) is 4.79 Å². The van der Waals surface area contributed by atoms with E-state index in [4.69, 9.17) is 9.47 Å². The van der Waals surface area contributed by atoms with Crippen LogP contribution in [0.5, 0.6) is 0 Å². The Morgan fingerprint density at radius 3 is 2.60 bits per heavy atom. The van der Waals surface area contributed by atoms with Crippen LogP contribution in [0.1, 0.15) is 38.2 Å². The number of hydrogen-bond acceptors (Lipinski definition) is 5. The number of benzene rings is 1. The summed E-state index contributed by atoms with van der Waals surface area (Å²) in [6, 6.07) is 8.70. The first kappa shape index (κ1) is 22.1. The standard InChI is InChI=1S/C22H31N3O5/c1-15(26)24-13-17-12-18(29-2)8-9-19(17)25(20-10-11-23-21(20)27)22(28)30-14-16-6-4-3-5-7-16/h3-7,17-20H,8-14H2,1-2H3,(H,23,27)(H,24,26)/t17-,18+,19-,20-/m0/s1. The van der Waals surface area contributed by atoms with Gasteiger partial charge in [0.15, 0.2) is 0 Å². The van der Waals surface area contributed by atoms with Crippen LogP contribution < -0.4 is 10.6 Å². The number of methoxy groups -OCH3 is 1. The van der Waals surface area contributed by atoms with Gasteiger partial charge in [-0.1, -0.05) is 30.3 Å². The largest absolute Gasteiger partial charge is 0.445 e. The zero-order valence-corrected chi connectivity index (χ0v) is 17.6. The van der Waals surface area contributed by atoms with Crippen LogP contribution in [0.15, 0.2) is 30.3 Å². The van der Waals surface area contributed by atoms with Crippen molar-refractivity contribution in [2.75, 3.05) is 20.2 Å². The molecule has 164 valence electrons. The summed E-state index contributed by atoms with van der Waals surface area (Å²) in [6.45, 7) is 2.59. The molecule has 2 fully saturated rings. The van der Waals surface area contributed by atoms with Crippen LogP contribution in [0.3, 0.4) is 0 Å². The van der Waals surface area contributed by atoms with E-state index in [0.717, 1.165) is 12.0 Å². The minimum absolute atomic E-state index is 0.0229. The SMILES string of the molecule is CO[C@@H]1CC[C@H](N(C(=O)OCc2ccccc2)[C@H]2CCNC2=O)[C@H](CNC(C)=O)C1. The van der Waals surface area contributed by atoms with E-state index in [1.54, 1.807) is 12.0 Å². The third kappa shape index (κ3) is 5.50. The molecule has 1 heterocycles. The number of nitrogens with zero attached hydrogens (tertiary/aromatic N) is 1. The average molecular weight is 418 g/mol. The number of ether oxygens (including phenoxy) is 2. The summed E-state index contributed by atoms with van der Waals surface area (Å²) in [4.78, 5) is 38.8. The molecule has 8 heteroatoms. The van der Waals surface area contributed by atoms with Gasteiger partial charge in [-0.05, 0) is 37.2 Å². The van der Waals surface area contributed by atoms with Crippen LogP contribution in [-0.2, 0) is 25.7 Å². The molecule has 30 heavy (non-hydrogen) atoms. The highest BCUT2D eigenvalue weighted by Crippen LogP contribution is 2.33. The van der Waals surface area contributed by atoms with Gasteiger partial charge in [0.2, 0.25) is 11.8 Å².